The van der Waals surface area contributed by atoms with Crippen LogP contribution in [0.25, 0.3) is 0 Å². The molecule has 0 bridgehead atoms. The maximum absolute atomic E-state index is 12.2. The second kappa shape index (κ2) is 3.70. The van der Waals surface area contributed by atoms with E-state index in [0.29, 0.717) is 0 Å². The highest BCUT2D eigenvalue weighted by Crippen LogP contribution is 2.11. The van der Waals surface area contributed by atoms with Crippen LogP contribution in [0, 0.1) is 5.82 Å². The summed E-state index contributed by atoms with van der Waals surface area (Å²) in [4.78, 5) is 0. The topological polar surface area (TPSA) is 0 Å². The Morgan fingerprint density at radius 3 is 2.11 bits per heavy atom. The summed E-state index contributed by atoms with van der Waals surface area (Å²) in [6.07, 6.45) is 0. The van der Waals surface area contributed by atoms with E-state index in [-0.39, 0.29) is 23.2 Å². The molecule has 0 N–H and O–H groups in total. The van der Waals surface area contributed by atoms with Crippen molar-refractivity contribution >= 4 is 24.0 Å². The third kappa shape index (κ3) is 2.20. The molecular formula is C6H5Cl2F. The largest absolute Gasteiger partial charge is 0.205 e. The monoisotopic (exact) mass is 166 g/mol. The molecule has 0 aliphatic rings. The maximum Gasteiger partial charge on any atom is 0.141 e. The van der Waals surface area contributed by atoms with Crippen molar-refractivity contribution in [2.45, 2.75) is 0 Å². The fourth-order valence-corrected chi connectivity index (χ4v) is 0.575. The molecule has 0 fully saturated rings. The second-order valence-electron chi connectivity index (χ2n) is 1.41. The van der Waals surface area contributed by atoms with E-state index in [4.69, 9.17) is 11.6 Å². The summed E-state index contributed by atoms with van der Waals surface area (Å²) in [7, 11) is 0. The first-order valence-electron chi connectivity index (χ1n) is 2.21. The number of benzene rings is 1. The van der Waals surface area contributed by atoms with E-state index in [1.54, 1.807) is 12.1 Å². The predicted molar refractivity (Wildman–Crippen MR) is 38.7 cm³/mol. The van der Waals surface area contributed by atoms with E-state index in [1.807, 2.05) is 0 Å². The maximum atomic E-state index is 12.2. The van der Waals surface area contributed by atoms with Gasteiger partial charge in [-0.2, -0.15) is 0 Å². The first-order chi connectivity index (χ1) is 3.80. The summed E-state index contributed by atoms with van der Waals surface area (Å²) in [6, 6.07) is 6.12. The molecule has 50 valence electrons. The lowest BCUT2D eigenvalue weighted by atomic mass is 10.4. The van der Waals surface area contributed by atoms with E-state index >= 15 is 0 Å². The smallest absolute Gasteiger partial charge is 0.141 e. The average molecular weight is 167 g/mol. The Labute approximate surface area is 64.1 Å². The molecule has 0 amide bonds. The minimum Gasteiger partial charge on any atom is -0.205 e. The summed E-state index contributed by atoms with van der Waals surface area (Å²) in [6.45, 7) is 0. The number of halogens is 3. The summed E-state index contributed by atoms with van der Waals surface area (Å²) in [5.74, 6) is -0.367. The van der Waals surface area contributed by atoms with Crippen LogP contribution in [-0.2, 0) is 0 Å². The molecule has 1 aromatic carbocycles. The summed E-state index contributed by atoms with van der Waals surface area (Å²) < 4.78 is 12.2. The summed E-state index contributed by atoms with van der Waals surface area (Å²) >= 11 is 5.33. The Kier molecular flexibility index (Phi) is 3.59. The van der Waals surface area contributed by atoms with Crippen LogP contribution in [-0.4, -0.2) is 0 Å². The van der Waals surface area contributed by atoms with Gasteiger partial charge in [0.2, 0.25) is 0 Å². The van der Waals surface area contributed by atoms with Gasteiger partial charge in [0.15, 0.2) is 0 Å². The highest BCUT2D eigenvalue weighted by atomic mass is 35.5. The van der Waals surface area contributed by atoms with E-state index in [9.17, 15) is 4.39 Å². The zero-order valence-corrected chi connectivity index (χ0v) is 6.05. The van der Waals surface area contributed by atoms with E-state index < -0.39 is 0 Å². The molecular weight excluding hydrogens is 162 g/mol. The highest BCUT2D eigenvalue weighted by molar-refractivity contribution is 6.30. The molecule has 0 atom stereocenters. The van der Waals surface area contributed by atoms with Crippen molar-refractivity contribution < 1.29 is 4.39 Å². The minimum absolute atomic E-state index is 0. The molecule has 0 aliphatic carbocycles. The lowest BCUT2D eigenvalue weighted by molar-refractivity contribution is 0.628. The normalized spacial score (nSPS) is 8.22. The van der Waals surface area contributed by atoms with E-state index in [2.05, 4.69) is 0 Å². The molecule has 9 heavy (non-hydrogen) atoms. The van der Waals surface area contributed by atoms with Crippen molar-refractivity contribution in [2.75, 3.05) is 0 Å². The average Bonchev–Trinajstić information content (AvgIpc) is 1.77. The quantitative estimate of drug-likeness (QED) is 0.557. The molecule has 0 aliphatic heterocycles. The van der Waals surface area contributed by atoms with Crippen LogP contribution in [0.15, 0.2) is 24.3 Å². The Balaban J connectivity index is 0.000000640. The van der Waals surface area contributed by atoms with Crippen LogP contribution in [0.2, 0.25) is 5.02 Å². The zero-order chi connectivity index (χ0) is 5.98. The SMILES string of the molecule is Cl.Fc1ccccc1Cl. The van der Waals surface area contributed by atoms with Crippen molar-refractivity contribution in [1.82, 2.24) is 0 Å². The van der Waals surface area contributed by atoms with E-state index in [1.165, 1.54) is 12.1 Å². The van der Waals surface area contributed by atoms with Gasteiger partial charge in [-0.25, -0.2) is 4.39 Å². The third-order valence-corrected chi connectivity index (χ3v) is 1.13. The van der Waals surface area contributed by atoms with Gasteiger partial charge in [-0.15, -0.1) is 12.4 Å². The molecule has 0 radical (unpaired) electrons. The molecule has 0 unspecified atom stereocenters. The van der Waals surface area contributed by atoms with Crippen LogP contribution in [0.3, 0.4) is 0 Å². The van der Waals surface area contributed by atoms with Crippen LogP contribution in [0.5, 0.6) is 0 Å². The first-order valence-corrected chi connectivity index (χ1v) is 2.58. The Hall–Kier alpha value is -0.270. The van der Waals surface area contributed by atoms with Gasteiger partial charge in [-0.1, -0.05) is 23.7 Å². The van der Waals surface area contributed by atoms with Gasteiger partial charge in [0.05, 0.1) is 5.02 Å². The number of hydrogen-bond donors (Lipinski definition) is 0. The molecule has 0 aromatic heterocycles. The second-order valence-corrected chi connectivity index (χ2v) is 1.82. The summed E-state index contributed by atoms with van der Waals surface area (Å²) in [5.41, 5.74) is 0. The molecule has 0 saturated heterocycles. The van der Waals surface area contributed by atoms with Crippen molar-refractivity contribution in [2.24, 2.45) is 0 Å². The van der Waals surface area contributed by atoms with Crippen LogP contribution in [0.4, 0.5) is 4.39 Å². The minimum atomic E-state index is -0.367. The van der Waals surface area contributed by atoms with Gasteiger partial charge in [0.1, 0.15) is 5.82 Å². The van der Waals surface area contributed by atoms with Gasteiger partial charge in [0, 0.05) is 0 Å². The van der Waals surface area contributed by atoms with Crippen molar-refractivity contribution in [1.29, 1.82) is 0 Å². The summed E-state index contributed by atoms with van der Waals surface area (Å²) in [5, 5.41) is 0.174. The van der Waals surface area contributed by atoms with Crippen LogP contribution < -0.4 is 0 Å². The van der Waals surface area contributed by atoms with Gasteiger partial charge in [0.25, 0.3) is 0 Å². The third-order valence-electron chi connectivity index (χ3n) is 0.824. The molecule has 0 nitrogen and oxygen atoms in total. The zero-order valence-electron chi connectivity index (χ0n) is 4.47. The number of rotatable bonds is 0. The van der Waals surface area contributed by atoms with Crippen molar-refractivity contribution in [3.63, 3.8) is 0 Å². The van der Waals surface area contributed by atoms with Crippen LogP contribution >= 0.6 is 24.0 Å². The van der Waals surface area contributed by atoms with Gasteiger partial charge < -0.3 is 0 Å². The molecule has 0 spiro atoms. The molecule has 0 heterocycles. The Morgan fingerprint density at radius 1 is 1.22 bits per heavy atom. The Morgan fingerprint density at radius 2 is 1.78 bits per heavy atom. The molecule has 1 aromatic rings. The number of hydrogen-bond acceptors (Lipinski definition) is 0. The first kappa shape index (κ1) is 8.73. The predicted octanol–water partition coefficient (Wildman–Crippen LogP) is 2.90. The molecule has 0 saturated carbocycles. The fraction of sp³-hybridized carbons (Fsp3) is 0. The van der Waals surface area contributed by atoms with Crippen LogP contribution in [0.1, 0.15) is 0 Å². The van der Waals surface area contributed by atoms with Crippen molar-refractivity contribution in [3.05, 3.63) is 35.1 Å². The van der Waals surface area contributed by atoms with Crippen molar-refractivity contribution in [3.8, 4) is 0 Å². The lowest BCUT2D eigenvalue weighted by Crippen LogP contribution is -1.70. The van der Waals surface area contributed by atoms with E-state index in [0.717, 1.165) is 0 Å². The molecule has 3 heteroatoms. The fourth-order valence-electron chi connectivity index (χ4n) is 0.439. The van der Waals surface area contributed by atoms with Gasteiger partial charge >= 0.3 is 0 Å². The van der Waals surface area contributed by atoms with Gasteiger partial charge in [-0.3, -0.25) is 0 Å². The Bertz CT molecular complexity index is 167. The lowest BCUT2D eigenvalue weighted by Gasteiger charge is -1.86. The highest BCUT2D eigenvalue weighted by Gasteiger charge is 1.91. The van der Waals surface area contributed by atoms with Gasteiger partial charge in [-0.05, 0) is 12.1 Å². The standard InChI is InChI=1S/C6H4ClF.ClH/c7-5-3-1-2-4-6(5)8;/h1-4H;1H. The molecule has 1 rings (SSSR count).